The second-order valence-corrected chi connectivity index (χ2v) is 4.98. The van der Waals surface area contributed by atoms with Gasteiger partial charge < -0.3 is 15.7 Å². The SMILES string of the molecule is CC(C(=O)O)=C(C)C(=O)NC(=O)N1CCC(C(N)=O)CC1. The lowest BCUT2D eigenvalue weighted by Crippen LogP contribution is -2.48. The number of urea groups is 1. The number of hydrogen-bond acceptors (Lipinski definition) is 4. The van der Waals surface area contributed by atoms with Gasteiger partial charge in [-0.15, -0.1) is 0 Å². The predicted octanol–water partition coefficient (Wildman–Crippen LogP) is -0.159. The maximum atomic E-state index is 11.9. The lowest BCUT2D eigenvalue weighted by molar-refractivity contribution is -0.133. The summed E-state index contributed by atoms with van der Waals surface area (Å²) in [6.45, 7) is 3.28. The molecule has 1 heterocycles. The normalized spacial score (nSPS) is 17.0. The summed E-state index contributed by atoms with van der Waals surface area (Å²) in [7, 11) is 0. The number of imide groups is 1. The maximum absolute atomic E-state index is 11.9. The number of carbonyl (C=O) groups excluding carboxylic acids is 3. The Morgan fingerprint density at radius 1 is 1.10 bits per heavy atom. The zero-order valence-electron chi connectivity index (χ0n) is 12.0. The molecule has 1 saturated heterocycles. The molecule has 0 radical (unpaired) electrons. The predicted molar refractivity (Wildman–Crippen MR) is 73.0 cm³/mol. The Bertz CT molecular complexity index is 504. The first kappa shape index (κ1) is 16.7. The van der Waals surface area contributed by atoms with Crippen LogP contribution < -0.4 is 11.1 Å². The molecular weight excluding hydrogens is 278 g/mol. The second kappa shape index (κ2) is 6.87. The lowest BCUT2D eigenvalue weighted by Gasteiger charge is -2.30. The molecule has 0 saturated carbocycles. The summed E-state index contributed by atoms with van der Waals surface area (Å²) in [5.41, 5.74) is 5.05. The summed E-state index contributed by atoms with van der Waals surface area (Å²) < 4.78 is 0. The first-order valence-corrected chi connectivity index (χ1v) is 6.54. The number of likely N-dealkylation sites (tertiary alicyclic amines) is 1. The van der Waals surface area contributed by atoms with Crippen LogP contribution in [0.2, 0.25) is 0 Å². The van der Waals surface area contributed by atoms with Crippen LogP contribution in [-0.2, 0) is 14.4 Å². The molecule has 21 heavy (non-hydrogen) atoms. The largest absolute Gasteiger partial charge is 0.478 e. The van der Waals surface area contributed by atoms with Crippen molar-refractivity contribution in [3.63, 3.8) is 0 Å². The number of amides is 4. The fraction of sp³-hybridized carbons (Fsp3) is 0.538. The molecule has 0 aromatic rings. The molecule has 0 atom stereocenters. The van der Waals surface area contributed by atoms with Gasteiger partial charge in [-0.2, -0.15) is 0 Å². The van der Waals surface area contributed by atoms with Crippen molar-refractivity contribution in [2.24, 2.45) is 11.7 Å². The summed E-state index contributed by atoms with van der Waals surface area (Å²) in [6.07, 6.45) is 0.917. The third kappa shape index (κ3) is 4.30. The number of carbonyl (C=O) groups is 4. The highest BCUT2D eigenvalue weighted by Crippen LogP contribution is 2.16. The monoisotopic (exact) mass is 297 g/mol. The highest BCUT2D eigenvalue weighted by molar-refractivity contribution is 6.07. The third-order valence-corrected chi connectivity index (χ3v) is 3.63. The van der Waals surface area contributed by atoms with Gasteiger partial charge in [-0.3, -0.25) is 14.9 Å². The van der Waals surface area contributed by atoms with Crippen LogP contribution >= 0.6 is 0 Å². The molecule has 8 heteroatoms. The molecule has 1 rings (SSSR count). The molecule has 0 unspecified atom stereocenters. The molecular formula is C13H19N3O5. The number of primary amides is 1. The van der Waals surface area contributed by atoms with Crippen LogP contribution in [0.3, 0.4) is 0 Å². The number of nitrogens with zero attached hydrogens (tertiary/aromatic N) is 1. The molecule has 1 aliphatic heterocycles. The Morgan fingerprint density at radius 2 is 1.62 bits per heavy atom. The van der Waals surface area contributed by atoms with Crippen LogP contribution in [0.1, 0.15) is 26.7 Å². The lowest BCUT2D eigenvalue weighted by atomic mass is 9.96. The van der Waals surface area contributed by atoms with Crippen molar-refractivity contribution in [1.29, 1.82) is 0 Å². The van der Waals surface area contributed by atoms with Gasteiger partial charge in [-0.1, -0.05) is 0 Å². The van der Waals surface area contributed by atoms with E-state index in [0.29, 0.717) is 25.9 Å². The number of nitrogens with one attached hydrogen (secondary N) is 1. The van der Waals surface area contributed by atoms with Gasteiger partial charge in [0, 0.05) is 30.2 Å². The number of piperidine rings is 1. The van der Waals surface area contributed by atoms with Crippen molar-refractivity contribution in [3.8, 4) is 0 Å². The van der Waals surface area contributed by atoms with Crippen molar-refractivity contribution in [3.05, 3.63) is 11.1 Å². The zero-order chi connectivity index (χ0) is 16.2. The van der Waals surface area contributed by atoms with E-state index in [4.69, 9.17) is 10.8 Å². The van der Waals surface area contributed by atoms with E-state index < -0.39 is 17.9 Å². The molecule has 0 aromatic carbocycles. The van der Waals surface area contributed by atoms with E-state index in [2.05, 4.69) is 5.32 Å². The number of rotatable bonds is 3. The van der Waals surface area contributed by atoms with Crippen LogP contribution in [0, 0.1) is 5.92 Å². The van der Waals surface area contributed by atoms with E-state index in [9.17, 15) is 19.2 Å². The summed E-state index contributed by atoms with van der Waals surface area (Å²) in [4.78, 5) is 46.8. The van der Waals surface area contributed by atoms with Crippen molar-refractivity contribution in [2.75, 3.05) is 13.1 Å². The fourth-order valence-electron chi connectivity index (χ4n) is 1.97. The molecule has 1 aliphatic rings. The van der Waals surface area contributed by atoms with Gasteiger partial charge >= 0.3 is 12.0 Å². The molecule has 4 amide bonds. The molecule has 0 aliphatic carbocycles. The highest BCUT2D eigenvalue weighted by Gasteiger charge is 2.27. The van der Waals surface area contributed by atoms with E-state index in [0.717, 1.165) is 0 Å². The van der Waals surface area contributed by atoms with Crippen molar-refractivity contribution >= 4 is 23.8 Å². The molecule has 0 spiro atoms. The van der Waals surface area contributed by atoms with Crippen LogP contribution in [0.15, 0.2) is 11.1 Å². The van der Waals surface area contributed by atoms with Gasteiger partial charge in [-0.05, 0) is 26.7 Å². The number of hydrogen-bond donors (Lipinski definition) is 3. The van der Waals surface area contributed by atoms with E-state index in [1.54, 1.807) is 0 Å². The number of nitrogens with two attached hydrogens (primary N) is 1. The first-order chi connectivity index (χ1) is 9.73. The average molecular weight is 297 g/mol. The summed E-state index contributed by atoms with van der Waals surface area (Å²) in [6, 6.07) is -0.597. The maximum Gasteiger partial charge on any atom is 0.331 e. The fourth-order valence-corrected chi connectivity index (χ4v) is 1.97. The number of aliphatic carboxylic acids is 1. The molecule has 1 fully saturated rings. The van der Waals surface area contributed by atoms with Crippen LogP contribution in [0.25, 0.3) is 0 Å². The van der Waals surface area contributed by atoms with Gasteiger partial charge in [0.15, 0.2) is 0 Å². The molecule has 4 N–H and O–H groups in total. The second-order valence-electron chi connectivity index (χ2n) is 4.98. The molecule has 0 aromatic heterocycles. The van der Waals surface area contributed by atoms with Crippen LogP contribution in [0.5, 0.6) is 0 Å². The van der Waals surface area contributed by atoms with Crippen molar-refractivity contribution < 1.29 is 24.3 Å². The summed E-state index contributed by atoms with van der Waals surface area (Å²) in [5, 5.41) is 10.9. The smallest absolute Gasteiger partial charge is 0.331 e. The van der Waals surface area contributed by atoms with Crippen LogP contribution in [0.4, 0.5) is 4.79 Å². The molecule has 116 valence electrons. The van der Waals surface area contributed by atoms with Crippen molar-refractivity contribution in [1.82, 2.24) is 10.2 Å². The average Bonchev–Trinajstić information content (AvgIpc) is 2.45. The Morgan fingerprint density at radius 3 is 2.05 bits per heavy atom. The van der Waals surface area contributed by atoms with Gasteiger partial charge in [-0.25, -0.2) is 9.59 Å². The summed E-state index contributed by atoms with van der Waals surface area (Å²) >= 11 is 0. The Labute approximate surface area is 122 Å². The number of carboxylic acids is 1. The van der Waals surface area contributed by atoms with Gasteiger partial charge in [0.25, 0.3) is 5.91 Å². The van der Waals surface area contributed by atoms with Crippen molar-refractivity contribution in [2.45, 2.75) is 26.7 Å². The summed E-state index contributed by atoms with van der Waals surface area (Å²) in [5.74, 6) is -2.59. The Kier molecular flexibility index (Phi) is 5.45. The van der Waals surface area contributed by atoms with E-state index in [1.807, 2.05) is 0 Å². The molecule has 0 bridgehead atoms. The van der Waals surface area contributed by atoms with E-state index in [-0.39, 0.29) is 23.0 Å². The minimum atomic E-state index is -1.21. The van der Waals surface area contributed by atoms with E-state index >= 15 is 0 Å². The highest BCUT2D eigenvalue weighted by atomic mass is 16.4. The Balaban J connectivity index is 2.59. The minimum Gasteiger partial charge on any atom is -0.478 e. The number of carboxylic acid groups (broad SMARTS) is 1. The van der Waals surface area contributed by atoms with Gasteiger partial charge in [0.1, 0.15) is 0 Å². The third-order valence-electron chi connectivity index (χ3n) is 3.63. The van der Waals surface area contributed by atoms with Gasteiger partial charge in [0.05, 0.1) is 0 Å². The van der Waals surface area contributed by atoms with Crippen LogP contribution in [-0.4, -0.2) is 46.9 Å². The van der Waals surface area contributed by atoms with Gasteiger partial charge in [0.2, 0.25) is 5.91 Å². The standard InChI is InChI=1S/C13H19N3O5/c1-7(8(2)12(19)20)11(18)15-13(21)16-5-3-9(4-6-16)10(14)17/h9H,3-6H2,1-2H3,(H2,14,17)(H,19,20)(H,15,18,21). The quantitative estimate of drug-likeness (QED) is 0.623. The minimum absolute atomic E-state index is 0.0251. The zero-order valence-corrected chi connectivity index (χ0v) is 12.0. The first-order valence-electron chi connectivity index (χ1n) is 6.54. The van der Waals surface area contributed by atoms with E-state index in [1.165, 1.54) is 18.7 Å². The molecule has 8 nitrogen and oxygen atoms in total. The topological polar surface area (TPSA) is 130 Å². The Hall–Kier alpha value is -2.38.